The number of hydrogen-bond donors (Lipinski definition) is 2. The summed E-state index contributed by atoms with van der Waals surface area (Å²) in [5.41, 5.74) is 6.57. The second-order valence-electron chi connectivity index (χ2n) is 9.62. The summed E-state index contributed by atoms with van der Waals surface area (Å²) in [7, 11) is 0. The molecule has 0 spiro atoms. The molecular weight excluding hydrogens is 434 g/mol. The zero-order valence-corrected chi connectivity index (χ0v) is 20.3. The van der Waals surface area contributed by atoms with Crippen LogP contribution in [0.2, 0.25) is 0 Å². The summed E-state index contributed by atoms with van der Waals surface area (Å²) in [5, 5.41) is 16.5. The van der Waals surface area contributed by atoms with E-state index in [-0.39, 0.29) is 12.2 Å². The molecule has 4 aromatic rings. The number of piperidine rings is 1. The molecule has 0 amide bonds. The first-order chi connectivity index (χ1) is 17.0. The number of carbonyl (C=O) groups excluding carboxylic acids is 1. The van der Waals surface area contributed by atoms with Gasteiger partial charge in [0.05, 0.1) is 23.3 Å². The third-order valence-corrected chi connectivity index (χ3v) is 6.52. The summed E-state index contributed by atoms with van der Waals surface area (Å²) in [6, 6.07) is 18.6. The lowest BCUT2D eigenvalue weighted by Crippen LogP contribution is -2.26. The Morgan fingerprint density at radius 2 is 1.86 bits per heavy atom. The van der Waals surface area contributed by atoms with Crippen molar-refractivity contribution in [2.45, 2.75) is 45.1 Å². The minimum atomic E-state index is 0.0715. The third-order valence-electron chi connectivity index (χ3n) is 6.52. The predicted molar refractivity (Wildman–Crippen MR) is 141 cm³/mol. The lowest BCUT2D eigenvalue weighted by Gasteiger charge is -2.23. The second kappa shape index (κ2) is 10.3. The number of anilines is 1. The van der Waals surface area contributed by atoms with Crippen LogP contribution in [0.3, 0.4) is 0 Å². The summed E-state index contributed by atoms with van der Waals surface area (Å²) >= 11 is 0. The van der Waals surface area contributed by atoms with Crippen LogP contribution < -0.4 is 10.6 Å². The third kappa shape index (κ3) is 5.54. The Morgan fingerprint density at radius 1 is 1.00 bits per heavy atom. The van der Waals surface area contributed by atoms with Crippen molar-refractivity contribution >= 4 is 22.4 Å². The van der Waals surface area contributed by atoms with Gasteiger partial charge in [0.25, 0.3) is 0 Å². The van der Waals surface area contributed by atoms with Gasteiger partial charge in [-0.3, -0.25) is 9.78 Å². The Bertz CT molecular complexity index is 1340. The average Bonchev–Trinajstić information content (AvgIpc) is 2.88. The van der Waals surface area contributed by atoms with Crippen LogP contribution in [0.15, 0.2) is 67.0 Å². The maximum absolute atomic E-state index is 13.1. The largest absolute Gasteiger partial charge is 0.382 e. The highest BCUT2D eigenvalue weighted by Gasteiger charge is 2.17. The molecule has 2 aromatic heterocycles. The van der Waals surface area contributed by atoms with Gasteiger partial charge in [-0.1, -0.05) is 24.3 Å². The number of nitrogens with one attached hydrogen (secondary N) is 2. The van der Waals surface area contributed by atoms with Crippen LogP contribution >= 0.6 is 0 Å². The topological polar surface area (TPSA) is 79.8 Å². The van der Waals surface area contributed by atoms with Gasteiger partial charge in [-0.05, 0) is 87.2 Å². The fourth-order valence-corrected chi connectivity index (χ4v) is 4.75. The van der Waals surface area contributed by atoms with Gasteiger partial charge in [0.2, 0.25) is 0 Å². The number of aromatic nitrogens is 3. The normalized spacial score (nSPS) is 14.4. The Kier molecular flexibility index (Phi) is 6.82. The number of ketones is 1. The number of Topliss-reactive ketones (excluding diaryl/α,β-unsaturated/α-hetero) is 1. The van der Waals surface area contributed by atoms with E-state index in [1.165, 1.54) is 5.56 Å². The van der Waals surface area contributed by atoms with Gasteiger partial charge in [-0.25, -0.2) is 0 Å². The zero-order chi connectivity index (χ0) is 24.2. The van der Waals surface area contributed by atoms with Gasteiger partial charge in [0, 0.05) is 34.9 Å². The monoisotopic (exact) mass is 465 g/mol. The lowest BCUT2D eigenvalue weighted by atomic mass is 9.88. The molecule has 35 heavy (non-hydrogen) atoms. The van der Waals surface area contributed by atoms with Gasteiger partial charge < -0.3 is 10.6 Å². The lowest BCUT2D eigenvalue weighted by molar-refractivity contribution is 0.0991. The van der Waals surface area contributed by atoms with E-state index in [1.807, 2.05) is 42.7 Å². The van der Waals surface area contributed by atoms with E-state index >= 15 is 0 Å². The summed E-state index contributed by atoms with van der Waals surface area (Å²) < 4.78 is 0. The molecule has 2 aromatic carbocycles. The van der Waals surface area contributed by atoms with Crippen molar-refractivity contribution in [1.82, 2.24) is 20.5 Å². The molecule has 0 radical (unpaired) electrons. The molecule has 0 saturated carbocycles. The first-order valence-electron chi connectivity index (χ1n) is 12.4. The summed E-state index contributed by atoms with van der Waals surface area (Å²) in [4.78, 5) is 17.5. The van der Waals surface area contributed by atoms with E-state index in [9.17, 15) is 4.79 Å². The van der Waals surface area contributed by atoms with Crippen molar-refractivity contribution in [3.05, 3.63) is 83.8 Å². The second-order valence-corrected chi connectivity index (χ2v) is 9.62. The Hall–Kier alpha value is -3.64. The molecule has 1 fully saturated rings. The Morgan fingerprint density at radius 3 is 2.69 bits per heavy atom. The number of nitrogens with zero attached hydrogens (tertiary/aromatic N) is 3. The average molecular weight is 466 g/mol. The molecule has 0 bridgehead atoms. The predicted octanol–water partition coefficient (Wildman–Crippen LogP) is 5.40. The van der Waals surface area contributed by atoms with Crippen molar-refractivity contribution in [2.75, 3.05) is 18.4 Å². The molecule has 1 aliphatic heterocycles. The van der Waals surface area contributed by atoms with Crippen molar-refractivity contribution in [3.63, 3.8) is 0 Å². The SMILES string of the molecule is CC(C)Nc1cncc(-c2ccc3nnc(CC(=O)c4cccc(C5CCNCC5)c4)cc3c2)c1. The van der Waals surface area contributed by atoms with Gasteiger partial charge in [0.1, 0.15) is 0 Å². The van der Waals surface area contributed by atoms with Crippen LogP contribution in [0.1, 0.15) is 54.2 Å². The molecule has 2 N–H and O–H groups in total. The Labute approximate surface area is 206 Å². The maximum atomic E-state index is 13.1. The van der Waals surface area contributed by atoms with E-state index in [1.54, 1.807) is 0 Å². The Balaban J connectivity index is 1.36. The van der Waals surface area contributed by atoms with Crippen LogP contribution in [-0.4, -0.2) is 40.1 Å². The number of fused-ring (bicyclic) bond motifs is 1. The fraction of sp³-hybridized carbons (Fsp3) is 0.310. The van der Waals surface area contributed by atoms with Crippen molar-refractivity contribution in [1.29, 1.82) is 0 Å². The van der Waals surface area contributed by atoms with Crippen LogP contribution in [0.25, 0.3) is 22.0 Å². The van der Waals surface area contributed by atoms with Gasteiger partial charge in [0.15, 0.2) is 5.78 Å². The van der Waals surface area contributed by atoms with Crippen molar-refractivity contribution < 1.29 is 4.79 Å². The van der Waals surface area contributed by atoms with Crippen LogP contribution in [0, 0.1) is 0 Å². The number of rotatable bonds is 7. The molecule has 6 heteroatoms. The van der Waals surface area contributed by atoms with Gasteiger partial charge in [-0.2, -0.15) is 10.2 Å². The molecule has 6 nitrogen and oxygen atoms in total. The molecule has 1 aliphatic rings. The minimum Gasteiger partial charge on any atom is -0.382 e. The molecule has 0 aliphatic carbocycles. The fourth-order valence-electron chi connectivity index (χ4n) is 4.75. The number of hydrogen-bond acceptors (Lipinski definition) is 6. The van der Waals surface area contributed by atoms with E-state index < -0.39 is 0 Å². The van der Waals surface area contributed by atoms with E-state index in [0.29, 0.717) is 17.7 Å². The molecule has 0 atom stereocenters. The highest BCUT2D eigenvalue weighted by molar-refractivity contribution is 5.98. The number of benzene rings is 2. The molecule has 1 saturated heterocycles. The molecular formula is C29H31N5O. The summed E-state index contributed by atoms with van der Waals surface area (Å²) in [6.07, 6.45) is 6.16. The summed E-state index contributed by atoms with van der Waals surface area (Å²) in [5.74, 6) is 0.592. The molecule has 3 heterocycles. The van der Waals surface area contributed by atoms with Gasteiger partial charge in [-0.15, -0.1) is 0 Å². The van der Waals surface area contributed by atoms with E-state index in [2.05, 4.69) is 63.9 Å². The van der Waals surface area contributed by atoms with E-state index in [0.717, 1.165) is 59.2 Å². The first-order valence-corrected chi connectivity index (χ1v) is 12.4. The van der Waals surface area contributed by atoms with Crippen molar-refractivity contribution in [2.24, 2.45) is 0 Å². The summed E-state index contributed by atoms with van der Waals surface area (Å²) in [6.45, 7) is 6.28. The van der Waals surface area contributed by atoms with Crippen LogP contribution in [0.4, 0.5) is 5.69 Å². The zero-order valence-electron chi connectivity index (χ0n) is 20.3. The highest BCUT2D eigenvalue weighted by atomic mass is 16.1. The molecule has 0 unspecified atom stereocenters. The van der Waals surface area contributed by atoms with E-state index in [4.69, 9.17) is 0 Å². The smallest absolute Gasteiger partial charge is 0.168 e. The molecule has 5 rings (SSSR count). The van der Waals surface area contributed by atoms with Crippen LogP contribution in [0.5, 0.6) is 0 Å². The van der Waals surface area contributed by atoms with Crippen molar-refractivity contribution in [3.8, 4) is 11.1 Å². The molecule has 178 valence electrons. The standard InChI is InChI=1S/C29H31N5O/c1-19(2)32-27-15-25(17-31-18-27)22-6-7-28-24(13-22)14-26(33-34-28)16-29(35)23-5-3-4-21(12-23)20-8-10-30-11-9-20/h3-7,12-15,17-20,30,32H,8-11,16H2,1-2H3. The van der Waals surface area contributed by atoms with Crippen LogP contribution in [-0.2, 0) is 6.42 Å². The first kappa shape index (κ1) is 23.1. The van der Waals surface area contributed by atoms with Gasteiger partial charge >= 0.3 is 0 Å². The highest BCUT2D eigenvalue weighted by Crippen LogP contribution is 2.27. The quantitative estimate of drug-likeness (QED) is 0.356. The number of carbonyl (C=O) groups is 1. The number of pyridine rings is 1. The maximum Gasteiger partial charge on any atom is 0.168 e. The minimum absolute atomic E-state index is 0.0715.